The number of nitrogens with zero attached hydrogens (tertiary/aromatic N) is 1. The van der Waals surface area contributed by atoms with Gasteiger partial charge in [0.25, 0.3) is 0 Å². The lowest BCUT2D eigenvalue weighted by atomic mass is 9.87. The number of rotatable bonds is 7. The van der Waals surface area contributed by atoms with Crippen molar-refractivity contribution in [2.24, 2.45) is 17.8 Å². The van der Waals surface area contributed by atoms with Gasteiger partial charge < -0.3 is 10.4 Å². The highest BCUT2D eigenvalue weighted by molar-refractivity contribution is 4.89. The number of aliphatic hydroxyl groups excluding tert-OH is 1. The number of nitrogens with one attached hydrogen (secondary N) is 1. The third-order valence-electron chi connectivity index (χ3n) is 4.85. The highest BCUT2D eigenvalue weighted by atomic mass is 16.3. The van der Waals surface area contributed by atoms with Gasteiger partial charge in [-0.3, -0.25) is 4.90 Å². The van der Waals surface area contributed by atoms with Crippen LogP contribution < -0.4 is 5.32 Å². The minimum Gasteiger partial charge on any atom is -0.393 e. The van der Waals surface area contributed by atoms with Crippen molar-refractivity contribution >= 4 is 0 Å². The summed E-state index contributed by atoms with van der Waals surface area (Å²) >= 11 is 0. The van der Waals surface area contributed by atoms with Crippen LogP contribution in [-0.2, 0) is 0 Å². The number of hydrogen-bond acceptors (Lipinski definition) is 3. The van der Waals surface area contributed by atoms with Gasteiger partial charge in [0.1, 0.15) is 0 Å². The van der Waals surface area contributed by atoms with E-state index in [1.165, 1.54) is 32.4 Å². The maximum absolute atomic E-state index is 10.2. The van der Waals surface area contributed by atoms with Gasteiger partial charge in [0.05, 0.1) is 6.10 Å². The number of aliphatic hydroxyl groups is 1. The van der Waals surface area contributed by atoms with Crippen molar-refractivity contribution in [3.8, 4) is 0 Å². The third-order valence-corrected chi connectivity index (χ3v) is 4.85. The zero-order valence-electron chi connectivity index (χ0n) is 13.8. The summed E-state index contributed by atoms with van der Waals surface area (Å²) in [4.78, 5) is 2.59. The molecule has 1 saturated heterocycles. The molecule has 0 radical (unpaired) electrons. The Morgan fingerprint density at radius 3 is 2.40 bits per heavy atom. The minimum absolute atomic E-state index is 0.0436. The fraction of sp³-hybridized carbons (Fsp3) is 1.00. The molecule has 3 unspecified atom stereocenters. The Morgan fingerprint density at radius 1 is 1.15 bits per heavy atom. The Bertz CT molecular complexity index is 287. The molecule has 0 spiro atoms. The van der Waals surface area contributed by atoms with E-state index in [1.807, 2.05) is 0 Å². The second-order valence-corrected chi connectivity index (χ2v) is 7.79. The summed E-state index contributed by atoms with van der Waals surface area (Å²) in [6.45, 7) is 12.6. The summed E-state index contributed by atoms with van der Waals surface area (Å²) < 4.78 is 0. The van der Waals surface area contributed by atoms with Crippen molar-refractivity contribution in [3.63, 3.8) is 0 Å². The topological polar surface area (TPSA) is 35.5 Å². The molecule has 3 nitrogen and oxygen atoms in total. The van der Waals surface area contributed by atoms with E-state index in [4.69, 9.17) is 0 Å². The van der Waals surface area contributed by atoms with Crippen LogP contribution in [0.25, 0.3) is 0 Å². The van der Waals surface area contributed by atoms with E-state index < -0.39 is 0 Å². The lowest BCUT2D eigenvalue weighted by Crippen LogP contribution is -2.52. The summed E-state index contributed by atoms with van der Waals surface area (Å²) in [6.07, 6.45) is 4.69. The van der Waals surface area contributed by atoms with E-state index in [9.17, 15) is 5.11 Å². The average Bonchev–Trinajstić information content (AvgIpc) is 3.20. The van der Waals surface area contributed by atoms with E-state index in [0.29, 0.717) is 29.8 Å². The predicted molar refractivity (Wildman–Crippen MR) is 84.8 cm³/mol. The van der Waals surface area contributed by atoms with Crippen molar-refractivity contribution in [1.29, 1.82) is 0 Å². The molecule has 1 heterocycles. The van der Waals surface area contributed by atoms with Gasteiger partial charge in [-0.25, -0.2) is 0 Å². The molecule has 0 aromatic carbocycles. The van der Waals surface area contributed by atoms with Crippen LogP contribution in [-0.4, -0.2) is 47.8 Å². The van der Waals surface area contributed by atoms with E-state index in [2.05, 4.69) is 37.9 Å². The number of piperidine rings is 1. The van der Waals surface area contributed by atoms with Gasteiger partial charge in [-0.05, 0) is 63.8 Å². The van der Waals surface area contributed by atoms with Crippen molar-refractivity contribution in [3.05, 3.63) is 0 Å². The fourth-order valence-electron chi connectivity index (χ4n) is 3.40. The number of hydrogen-bond donors (Lipinski definition) is 2. The van der Waals surface area contributed by atoms with Crippen LogP contribution in [0.4, 0.5) is 0 Å². The molecule has 118 valence electrons. The van der Waals surface area contributed by atoms with Gasteiger partial charge in [-0.15, -0.1) is 0 Å². The van der Waals surface area contributed by atoms with Crippen LogP contribution in [0.3, 0.4) is 0 Å². The summed E-state index contributed by atoms with van der Waals surface area (Å²) in [5, 5.41) is 14.0. The first-order valence-corrected chi connectivity index (χ1v) is 8.61. The first-order chi connectivity index (χ1) is 9.45. The SMILES string of the molecule is CC(C)CNC1CC(CC(O)C2CC2)CN(C(C)C)C1. The molecule has 2 rings (SSSR count). The van der Waals surface area contributed by atoms with Crippen molar-refractivity contribution in [2.75, 3.05) is 19.6 Å². The van der Waals surface area contributed by atoms with Gasteiger partial charge in [0.2, 0.25) is 0 Å². The van der Waals surface area contributed by atoms with Crippen LogP contribution in [0.5, 0.6) is 0 Å². The Kier molecular flexibility index (Phi) is 5.88. The molecule has 0 bridgehead atoms. The molecule has 1 aliphatic heterocycles. The molecule has 20 heavy (non-hydrogen) atoms. The standard InChI is InChI=1S/C17H34N2O/c1-12(2)9-18-16-7-14(8-17(20)15-5-6-15)10-19(11-16)13(3)4/h12-18,20H,5-11H2,1-4H3. The van der Waals surface area contributed by atoms with Crippen LogP contribution in [0.1, 0.15) is 53.4 Å². The third kappa shape index (κ3) is 5.01. The Hall–Kier alpha value is -0.120. The second-order valence-electron chi connectivity index (χ2n) is 7.79. The molecule has 1 saturated carbocycles. The first-order valence-electron chi connectivity index (χ1n) is 8.61. The molecule has 0 amide bonds. The van der Waals surface area contributed by atoms with Gasteiger partial charge >= 0.3 is 0 Å². The van der Waals surface area contributed by atoms with Gasteiger partial charge in [0, 0.05) is 25.2 Å². The molecule has 0 aromatic rings. The normalized spacial score (nSPS) is 30.1. The molecule has 2 aliphatic rings. The lowest BCUT2D eigenvalue weighted by molar-refractivity contribution is 0.0619. The number of likely N-dealkylation sites (tertiary alicyclic amines) is 1. The van der Waals surface area contributed by atoms with E-state index >= 15 is 0 Å². The molecule has 3 atom stereocenters. The molecular weight excluding hydrogens is 248 g/mol. The minimum atomic E-state index is -0.0436. The maximum Gasteiger partial charge on any atom is 0.0571 e. The average molecular weight is 282 g/mol. The van der Waals surface area contributed by atoms with Crippen molar-refractivity contribution < 1.29 is 5.11 Å². The highest BCUT2D eigenvalue weighted by Crippen LogP contribution is 2.36. The Labute approximate surface area is 125 Å². The van der Waals surface area contributed by atoms with E-state index in [0.717, 1.165) is 13.0 Å². The fourth-order valence-corrected chi connectivity index (χ4v) is 3.40. The molecule has 0 aromatic heterocycles. The van der Waals surface area contributed by atoms with Gasteiger partial charge in [0.15, 0.2) is 0 Å². The molecule has 3 heteroatoms. The van der Waals surface area contributed by atoms with Crippen LogP contribution in [0, 0.1) is 17.8 Å². The van der Waals surface area contributed by atoms with Gasteiger partial charge in [-0.1, -0.05) is 13.8 Å². The Morgan fingerprint density at radius 2 is 1.85 bits per heavy atom. The Balaban J connectivity index is 1.85. The zero-order valence-corrected chi connectivity index (χ0v) is 13.8. The van der Waals surface area contributed by atoms with Crippen molar-refractivity contribution in [1.82, 2.24) is 10.2 Å². The summed E-state index contributed by atoms with van der Waals surface area (Å²) in [5.41, 5.74) is 0. The second kappa shape index (κ2) is 7.24. The summed E-state index contributed by atoms with van der Waals surface area (Å²) in [5.74, 6) is 1.98. The predicted octanol–water partition coefficient (Wildman–Crippen LogP) is 2.49. The lowest BCUT2D eigenvalue weighted by Gasteiger charge is -2.41. The van der Waals surface area contributed by atoms with Crippen LogP contribution in [0.15, 0.2) is 0 Å². The summed E-state index contributed by atoms with van der Waals surface area (Å²) in [7, 11) is 0. The summed E-state index contributed by atoms with van der Waals surface area (Å²) in [6, 6.07) is 1.21. The maximum atomic E-state index is 10.2. The quantitative estimate of drug-likeness (QED) is 0.753. The first kappa shape index (κ1) is 16.3. The molecule has 2 N–H and O–H groups in total. The highest BCUT2D eigenvalue weighted by Gasteiger charge is 2.34. The van der Waals surface area contributed by atoms with E-state index in [1.54, 1.807) is 0 Å². The molecule has 1 aliphatic carbocycles. The smallest absolute Gasteiger partial charge is 0.0571 e. The van der Waals surface area contributed by atoms with Crippen molar-refractivity contribution in [2.45, 2.75) is 71.6 Å². The zero-order chi connectivity index (χ0) is 14.7. The van der Waals surface area contributed by atoms with E-state index in [-0.39, 0.29) is 6.10 Å². The van der Waals surface area contributed by atoms with Crippen LogP contribution >= 0.6 is 0 Å². The van der Waals surface area contributed by atoms with Crippen LogP contribution in [0.2, 0.25) is 0 Å². The molecular formula is C17H34N2O. The largest absolute Gasteiger partial charge is 0.393 e. The monoisotopic (exact) mass is 282 g/mol. The molecule has 2 fully saturated rings. The van der Waals surface area contributed by atoms with Gasteiger partial charge in [-0.2, -0.15) is 0 Å².